The van der Waals surface area contributed by atoms with Crippen molar-refractivity contribution in [2.75, 3.05) is 13.2 Å². The van der Waals surface area contributed by atoms with Gasteiger partial charge in [-0.3, -0.25) is 0 Å². The van der Waals surface area contributed by atoms with E-state index in [-0.39, 0.29) is 11.9 Å². The van der Waals surface area contributed by atoms with Crippen LogP contribution in [0, 0.1) is 5.82 Å². The second kappa shape index (κ2) is 4.71. The van der Waals surface area contributed by atoms with Crippen molar-refractivity contribution >= 4 is 11.6 Å². The molecule has 1 aliphatic heterocycles. The predicted octanol–water partition coefficient (Wildman–Crippen LogP) is 3.30. The van der Waals surface area contributed by atoms with Gasteiger partial charge in [-0.25, -0.2) is 9.37 Å². The van der Waals surface area contributed by atoms with E-state index < -0.39 is 0 Å². The van der Waals surface area contributed by atoms with E-state index in [0.29, 0.717) is 17.2 Å². The zero-order valence-corrected chi connectivity index (χ0v) is 10.4. The maximum absolute atomic E-state index is 13.4. The molecule has 3 rings (SSSR count). The summed E-state index contributed by atoms with van der Waals surface area (Å²) in [5.41, 5.74) is 0.692. The molecule has 2 aromatic rings. The van der Waals surface area contributed by atoms with Crippen molar-refractivity contribution in [1.82, 2.24) is 9.55 Å². The third kappa shape index (κ3) is 2.13. The molecule has 1 fully saturated rings. The lowest BCUT2D eigenvalue weighted by molar-refractivity contribution is 0.187. The van der Waals surface area contributed by atoms with Crippen LogP contribution in [0.3, 0.4) is 0 Å². The van der Waals surface area contributed by atoms with Crippen molar-refractivity contribution in [2.24, 2.45) is 0 Å². The maximum Gasteiger partial charge on any atom is 0.140 e. The lowest BCUT2D eigenvalue weighted by Gasteiger charge is -2.13. The van der Waals surface area contributed by atoms with Gasteiger partial charge in [-0.05, 0) is 24.6 Å². The Hall–Kier alpha value is -1.39. The first-order valence-corrected chi connectivity index (χ1v) is 6.19. The zero-order valence-electron chi connectivity index (χ0n) is 9.64. The van der Waals surface area contributed by atoms with Gasteiger partial charge in [0.05, 0.1) is 12.6 Å². The van der Waals surface area contributed by atoms with Crippen molar-refractivity contribution in [1.29, 1.82) is 0 Å². The summed E-state index contributed by atoms with van der Waals surface area (Å²) in [6, 6.07) is 4.72. The Morgan fingerprint density at radius 3 is 3.00 bits per heavy atom. The van der Waals surface area contributed by atoms with Crippen molar-refractivity contribution in [3.05, 3.63) is 41.4 Å². The summed E-state index contributed by atoms with van der Waals surface area (Å²) in [6.07, 6.45) is 4.56. The van der Waals surface area contributed by atoms with Crippen LogP contribution in [-0.2, 0) is 4.74 Å². The summed E-state index contributed by atoms with van der Waals surface area (Å²) in [7, 11) is 0. The van der Waals surface area contributed by atoms with Crippen LogP contribution in [0.2, 0.25) is 5.02 Å². The van der Waals surface area contributed by atoms with Crippen molar-refractivity contribution < 1.29 is 9.13 Å². The second-order valence-electron chi connectivity index (χ2n) is 4.33. The fourth-order valence-electron chi connectivity index (χ4n) is 2.26. The number of imidazole rings is 1. The van der Waals surface area contributed by atoms with Crippen LogP contribution in [-0.4, -0.2) is 22.8 Å². The molecular formula is C13H12ClFN2O. The number of benzene rings is 1. The fraction of sp³-hybridized carbons (Fsp3) is 0.308. The normalized spacial score (nSPS) is 19.3. The highest BCUT2D eigenvalue weighted by Crippen LogP contribution is 2.28. The maximum atomic E-state index is 13.4. The number of nitrogens with zero attached hydrogens (tertiary/aromatic N) is 2. The molecule has 5 heteroatoms. The molecule has 3 nitrogen and oxygen atoms in total. The molecule has 0 spiro atoms. The molecule has 1 aliphatic rings. The molecule has 0 saturated carbocycles. The molecule has 1 saturated heterocycles. The Morgan fingerprint density at radius 2 is 2.28 bits per heavy atom. The zero-order chi connectivity index (χ0) is 12.5. The molecule has 1 aromatic carbocycles. The van der Waals surface area contributed by atoms with Gasteiger partial charge in [0.25, 0.3) is 0 Å². The van der Waals surface area contributed by atoms with Gasteiger partial charge in [-0.2, -0.15) is 0 Å². The van der Waals surface area contributed by atoms with Gasteiger partial charge < -0.3 is 9.30 Å². The highest BCUT2D eigenvalue weighted by atomic mass is 35.5. The average Bonchev–Trinajstić information content (AvgIpc) is 2.98. The molecule has 0 radical (unpaired) electrons. The van der Waals surface area contributed by atoms with Crippen molar-refractivity contribution in [2.45, 2.75) is 12.5 Å². The number of halogens is 2. The number of rotatable bonds is 2. The van der Waals surface area contributed by atoms with E-state index in [1.54, 1.807) is 12.3 Å². The van der Waals surface area contributed by atoms with Crippen molar-refractivity contribution in [3.63, 3.8) is 0 Å². The van der Waals surface area contributed by atoms with Gasteiger partial charge in [0.1, 0.15) is 11.6 Å². The summed E-state index contributed by atoms with van der Waals surface area (Å²) in [6.45, 7) is 1.43. The standard InChI is InChI=1S/C13H12ClFN2O/c14-10-5-9(6-11(15)7-10)13-16-2-3-17(13)12-1-4-18-8-12/h2-3,5-7,12H,1,4,8H2. The molecule has 2 heterocycles. The molecule has 0 amide bonds. The molecule has 1 atom stereocenters. The first-order valence-electron chi connectivity index (χ1n) is 5.81. The van der Waals surface area contributed by atoms with Gasteiger partial charge in [0.2, 0.25) is 0 Å². The molecule has 0 N–H and O–H groups in total. The highest BCUT2D eigenvalue weighted by Gasteiger charge is 2.20. The molecule has 94 valence electrons. The minimum atomic E-state index is -0.352. The number of hydrogen-bond donors (Lipinski definition) is 0. The number of hydrogen-bond acceptors (Lipinski definition) is 2. The summed E-state index contributed by atoms with van der Waals surface area (Å²) in [5, 5.41) is 0.377. The quantitative estimate of drug-likeness (QED) is 0.834. The smallest absolute Gasteiger partial charge is 0.140 e. The monoisotopic (exact) mass is 266 g/mol. The third-order valence-electron chi connectivity index (χ3n) is 3.09. The van der Waals surface area contributed by atoms with Crippen LogP contribution in [0.15, 0.2) is 30.6 Å². The van der Waals surface area contributed by atoms with Crippen LogP contribution in [0.1, 0.15) is 12.5 Å². The summed E-state index contributed by atoms with van der Waals surface area (Å²) in [5.74, 6) is 0.377. The van der Waals surface area contributed by atoms with Gasteiger partial charge in [-0.15, -0.1) is 0 Å². The van der Waals surface area contributed by atoms with Crippen LogP contribution < -0.4 is 0 Å². The molecular weight excluding hydrogens is 255 g/mol. The molecule has 18 heavy (non-hydrogen) atoms. The van der Waals surface area contributed by atoms with E-state index in [1.807, 2.05) is 10.8 Å². The lowest BCUT2D eigenvalue weighted by atomic mass is 10.2. The molecule has 0 aliphatic carbocycles. The number of aromatic nitrogens is 2. The fourth-order valence-corrected chi connectivity index (χ4v) is 2.48. The average molecular weight is 267 g/mol. The first kappa shape index (κ1) is 11.7. The summed E-state index contributed by atoms with van der Waals surface area (Å²) >= 11 is 5.88. The van der Waals surface area contributed by atoms with Gasteiger partial charge >= 0.3 is 0 Å². The Labute approximate surface area is 109 Å². The van der Waals surface area contributed by atoms with E-state index in [2.05, 4.69) is 4.98 Å². The van der Waals surface area contributed by atoms with E-state index in [0.717, 1.165) is 18.9 Å². The molecule has 1 unspecified atom stereocenters. The van der Waals surface area contributed by atoms with E-state index >= 15 is 0 Å². The largest absolute Gasteiger partial charge is 0.379 e. The van der Waals surface area contributed by atoms with Gasteiger partial charge in [0.15, 0.2) is 0 Å². The Balaban J connectivity index is 2.03. The molecule has 1 aromatic heterocycles. The summed E-state index contributed by atoms with van der Waals surface area (Å²) < 4.78 is 20.8. The minimum absolute atomic E-state index is 0.268. The minimum Gasteiger partial charge on any atom is -0.379 e. The van der Waals surface area contributed by atoms with Crippen LogP contribution >= 0.6 is 11.6 Å². The Morgan fingerprint density at radius 1 is 1.39 bits per heavy atom. The summed E-state index contributed by atoms with van der Waals surface area (Å²) in [4.78, 5) is 4.30. The van der Waals surface area contributed by atoms with E-state index in [9.17, 15) is 4.39 Å². The van der Waals surface area contributed by atoms with Gasteiger partial charge in [-0.1, -0.05) is 11.6 Å². The predicted molar refractivity (Wildman–Crippen MR) is 67.1 cm³/mol. The third-order valence-corrected chi connectivity index (χ3v) is 3.31. The Kier molecular flexibility index (Phi) is 3.06. The topological polar surface area (TPSA) is 27.1 Å². The van der Waals surface area contributed by atoms with Crippen LogP contribution in [0.5, 0.6) is 0 Å². The lowest BCUT2D eigenvalue weighted by Crippen LogP contribution is -2.09. The van der Waals surface area contributed by atoms with Crippen molar-refractivity contribution in [3.8, 4) is 11.4 Å². The Bertz CT molecular complexity index is 544. The van der Waals surface area contributed by atoms with E-state index in [4.69, 9.17) is 16.3 Å². The first-order chi connectivity index (χ1) is 8.74. The second-order valence-corrected chi connectivity index (χ2v) is 4.77. The van der Waals surface area contributed by atoms with Crippen LogP contribution in [0.25, 0.3) is 11.4 Å². The van der Waals surface area contributed by atoms with E-state index in [1.165, 1.54) is 12.1 Å². The SMILES string of the molecule is Fc1cc(Cl)cc(-c2nccn2C2CCOC2)c1. The molecule has 0 bridgehead atoms. The number of ether oxygens (including phenoxy) is 1. The highest BCUT2D eigenvalue weighted by molar-refractivity contribution is 6.30. The van der Waals surface area contributed by atoms with Crippen LogP contribution in [0.4, 0.5) is 4.39 Å². The van der Waals surface area contributed by atoms with Gasteiger partial charge in [0, 0.05) is 29.6 Å².